The quantitative estimate of drug-likeness (QED) is 0.598. The van der Waals surface area contributed by atoms with Crippen LogP contribution in [0.3, 0.4) is 0 Å². The molecule has 0 spiro atoms. The fourth-order valence-electron chi connectivity index (χ4n) is 1.56. The summed E-state index contributed by atoms with van der Waals surface area (Å²) < 4.78 is 0. The Balaban J connectivity index is 2.72. The van der Waals surface area contributed by atoms with E-state index in [2.05, 4.69) is 0 Å². The number of aliphatic carboxylic acids is 1. The van der Waals surface area contributed by atoms with E-state index in [4.69, 9.17) is 5.11 Å². The summed E-state index contributed by atoms with van der Waals surface area (Å²) in [5.74, 6) is -0.871. The normalized spacial score (nSPS) is 38.5. The lowest BCUT2D eigenvalue weighted by Gasteiger charge is -2.34. The first kappa shape index (κ1) is 8.53. The molecular weight excluding hydrogens is 144 g/mol. The van der Waals surface area contributed by atoms with Crippen LogP contribution in [0.15, 0.2) is 0 Å². The summed E-state index contributed by atoms with van der Waals surface area (Å²) in [4.78, 5) is 10.7. The van der Waals surface area contributed by atoms with Crippen LogP contribution in [0.1, 0.15) is 32.6 Å². The van der Waals surface area contributed by atoms with Gasteiger partial charge in [-0.2, -0.15) is 0 Å². The molecule has 0 radical (unpaired) electrons. The predicted molar refractivity (Wildman–Crippen MR) is 40.2 cm³/mol. The maximum absolute atomic E-state index is 10.7. The molecule has 1 aliphatic carbocycles. The van der Waals surface area contributed by atoms with Gasteiger partial charge >= 0.3 is 5.97 Å². The summed E-state index contributed by atoms with van der Waals surface area (Å²) >= 11 is 0. The number of hydrogen-bond acceptors (Lipinski definition) is 2. The number of carboxylic acids is 1. The van der Waals surface area contributed by atoms with Crippen LogP contribution in [-0.4, -0.2) is 22.3 Å². The van der Waals surface area contributed by atoms with Crippen LogP contribution in [0, 0.1) is 5.41 Å². The van der Waals surface area contributed by atoms with Crippen LogP contribution in [-0.2, 0) is 4.79 Å². The maximum Gasteiger partial charge on any atom is 0.311 e. The highest BCUT2D eigenvalue weighted by Crippen LogP contribution is 2.36. The molecule has 0 aromatic heterocycles. The van der Waals surface area contributed by atoms with Gasteiger partial charge in [-0.1, -0.05) is 12.8 Å². The van der Waals surface area contributed by atoms with Gasteiger partial charge in [-0.3, -0.25) is 4.79 Å². The molecule has 2 N–H and O–H groups in total. The van der Waals surface area contributed by atoms with Gasteiger partial charge < -0.3 is 10.2 Å². The fraction of sp³-hybridized carbons (Fsp3) is 0.875. The van der Waals surface area contributed by atoms with E-state index < -0.39 is 17.5 Å². The average Bonchev–Trinajstić information content (AvgIpc) is 1.95. The van der Waals surface area contributed by atoms with Crippen LogP contribution in [0.25, 0.3) is 0 Å². The van der Waals surface area contributed by atoms with Crippen LogP contribution in [0.5, 0.6) is 0 Å². The molecule has 3 nitrogen and oxygen atoms in total. The molecule has 1 fully saturated rings. The van der Waals surface area contributed by atoms with Crippen LogP contribution >= 0.6 is 0 Å². The molecule has 1 aliphatic rings. The highest BCUT2D eigenvalue weighted by Gasteiger charge is 2.41. The number of hydrogen-bond donors (Lipinski definition) is 2. The Hall–Kier alpha value is -0.570. The minimum Gasteiger partial charge on any atom is -0.481 e. The monoisotopic (exact) mass is 158 g/mol. The van der Waals surface area contributed by atoms with Crippen LogP contribution in [0.4, 0.5) is 0 Å². The topological polar surface area (TPSA) is 57.5 Å². The molecule has 0 bridgehead atoms. The summed E-state index contributed by atoms with van der Waals surface area (Å²) in [6.07, 6.45) is 2.43. The molecule has 0 unspecified atom stereocenters. The zero-order chi connectivity index (χ0) is 8.48. The van der Waals surface area contributed by atoms with E-state index in [1.165, 1.54) is 0 Å². The third kappa shape index (κ3) is 1.38. The molecule has 1 saturated carbocycles. The van der Waals surface area contributed by atoms with Crippen molar-refractivity contribution in [1.82, 2.24) is 0 Å². The van der Waals surface area contributed by atoms with E-state index in [9.17, 15) is 9.90 Å². The van der Waals surface area contributed by atoms with Crippen molar-refractivity contribution in [2.24, 2.45) is 5.41 Å². The highest BCUT2D eigenvalue weighted by molar-refractivity contribution is 5.75. The zero-order valence-electron chi connectivity index (χ0n) is 6.71. The molecule has 1 rings (SSSR count). The third-order valence-electron chi connectivity index (χ3n) is 2.65. The van der Waals surface area contributed by atoms with E-state index in [-0.39, 0.29) is 0 Å². The number of aliphatic hydroxyl groups excluding tert-OH is 1. The number of aliphatic hydroxyl groups is 1. The molecule has 0 heterocycles. The van der Waals surface area contributed by atoms with Crippen LogP contribution in [0.2, 0.25) is 0 Å². The van der Waals surface area contributed by atoms with E-state index in [0.29, 0.717) is 12.8 Å². The van der Waals surface area contributed by atoms with Crippen molar-refractivity contribution in [2.75, 3.05) is 0 Å². The molecule has 11 heavy (non-hydrogen) atoms. The number of carbonyl (C=O) groups is 1. The minimum absolute atomic E-state index is 0.601. The molecule has 0 aliphatic heterocycles. The van der Waals surface area contributed by atoms with Crippen molar-refractivity contribution in [3.63, 3.8) is 0 Å². The first-order valence-electron chi connectivity index (χ1n) is 3.99. The van der Waals surface area contributed by atoms with E-state index >= 15 is 0 Å². The second-order valence-corrected chi connectivity index (χ2v) is 3.48. The third-order valence-corrected chi connectivity index (χ3v) is 2.65. The van der Waals surface area contributed by atoms with Gasteiger partial charge in [0, 0.05) is 0 Å². The van der Waals surface area contributed by atoms with Crippen molar-refractivity contribution in [3.8, 4) is 0 Å². The number of rotatable bonds is 1. The van der Waals surface area contributed by atoms with Crippen molar-refractivity contribution < 1.29 is 15.0 Å². The van der Waals surface area contributed by atoms with E-state index in [1.807, 2.05) is 0 Å². The lowest BCUT2D eigenvalue weighted by molar-refractivity contribution is -0.158. The molecular formula is C8H14O3. The highest BCUT2D eigenvalue weighted by atomic mass is 16.4. The van der Waals surface area contributed by atoms with Gasteiger partial charge in [0.25, 0.3) is 0 Å². The van der Waals surface area contributed by atoms with Gasteiger partial charge in [-0.05, 0) is 19.8 Å². The lowest BCUT2D eigenvalue weighted by Crippen LogP contribution is -2.42. The molecule has 0 saturated heterocycles. The average molecular weight is 158 g/mol. The lowest BCUT2D eigenvalue weighted by atomic mass is 9.73. The minimum atomic E-state index is -0.891. The van der Waals surface area contributed by atoms with Crippen molar-refractivity contribution >= 4 is 5.97 Å². The Morgan fingerprint density at radius 2 is 2.18 bits per heavy atom. The van der Waals surface area contributed by atoms with Gasteiger partial charge in [0.15, 0.2) is 0 Å². The molecule has 2 atom stereocenters. The van der Waals surface area contributed by atoms with Gasteiger partial charge in [-0.15, -0.1) is 0 Å². The van der Waals surface area contributed by atoms with Gasteiger partial charge in [-0.25, -0.2) is 0 Å². The Labute approximate surface area is 66.0 Å². The van der Waals surface area contributed by atoms with E-state index in [1.54, 1.807) is 6.92 Å². The molecule has 0 amide bonds. The summed E-state index contributed by atoms with van der Waals surface area (Å²) in [5.41, 5.74) is -0.891. The Morgan fingerprint density at radius 3 is 2.55 bits per heavy atom. The van der Waals surface area contributed by atoms with Crippen molar-refractivity contribution in [3.05, 3.63) is 0 Å². The second kappa shape index (κ2) is 2.81. The largest absolute Gasteiger partial charge is 0.481 e. The molecule has 64 valence electrons. The molecule has 0 aromatic rings. The van der Waals surface area contributed by atoms with Gasteiger partial charge in [0.1, 0.15) is 0 Å². The summed E-state index contributed by atoms with van der Waals surface area (Å²) in [6, 6.07) is 0. The maximum atomic E-state index is 10.7. The summed E-state index contributed by atoms with van der Waals surface area (Å²) in [7, 11) is 0. The summed E-state index contributed by atoms with van der Waals surface area (Å²) in [5, 5.41) is 18.2. The SMILES string of the molecule is C[C@@]1(C(=O)O)CCCC[C@@H]1O. The Morgan fingerprint density at radius 1 is 1.55 bits per heavy atom. The Bertz CT molecular complexity index is 167. The fourth-order valence-corrected chi connectivity index (χ4v) is 1.56. The van der Waals surface area contributed by atoms with Crippen LogP contribution < -0.4 is 0 Å². The standard InChI is InChI=1S/C8H14O3/c1-8(7(10)11)5-3-2-4-6(8)9/h6,9H,2-5H2,1H3,(H,10,11)/t6-,8+/m0/s1. The zero-order valence-corrected chi connectivity index (χ0v) is 6.71. The smallest absolute Gasteiger partial charge is 0.311 e. The first-order valence-corrected chi connectivity index (χ1v) is 3.99. The Kier molecular flexibility index (Phi) is 2.18. The van der Waals surface area contributed by atoms with Crippen molar-refractivity contribution in [2.45, 2.75) is 38.7 Å². The second-order valence-electron chi connectivity index (χ2n) is 3.48. The first-order chi connectivity index (χ1) is 5.07. The molecule has 0 aromatic carbocycles. The molecule has 3 heteroatoms. The van der Waals surface area contributed by atoms with Gasteiger partial charge in [0.2, 0.25) is 0 Å². The number of carboxylic acid groups (broad SMARTS) is 1. The van der Waals surface area contributed by atoms with Gasteiger partial charge in [0.05, 0.1) is 11.5 Å². The van der Waals surface area contributed by atoms with E-state index in [0.717, 1.165) is 12.8 Å². The summed E-state index contributed by atoms with van der Waals surface area (Å²) in [6.45, 7) is 1.62. The van der Waals surface area contributed by atoms with Crippen molar-refractivity contribution in [1.29, 1.82) is 0 Å². The predicted octanol–water partition coefficient (Wildman–Crippen LogP) is 1.01.